The van der Waals surface area contributed by atoms with Crippen LogP contribution in [-0.2, 0) is 0 Å². The van der Waals surface area contributed by atoms with E-state index in [4.69, 9.17) is 4.74 Å². The zero-order chi connectivity index (χ0) is 19.4. The molecular formula is C19H20F3N3O2. The maximum atomic E-state index is 13.1. The van der Waals surface area contributed by atoms with E-state index in [9.17, 15) is 18.0 Å². The largest absolute Gasteiger partial charge is 0.495 e. The molecule has 144 valence electrons. The van der Waals surface area contributed by atoms with Crippen LogP contribution in [0.25, 0.3) is 0 Å². The number of aromatic nitrogens is 1. The second-order valence-electron chi connectivity index (χ2n) is 6.36. The lowest BCUT2D eigenvalue weighted by Crippen LogP contribution is -2.44. The number of pyridine rings is 1. The van der Waals surface area contributed by atoms with Gasteiger partial charge in [0.05, 0.1) is 24.3 Å². The standard InChI is InChI=1S/C19H20F3N3O2/c1-27-16-9-3-2-8-15(16)24-17-14(7-4-10-23-17)18(26)25-11-5-6-13(12-25)19(20,21)22/h2-4,7-10,13H,5-6,11-12H2,1H3,(H,23,24)/t13-/m0/s1. The quantitative estimate of drug-likeness (QED) is 0.863. The molecule has 3 rings (SSSR count). The number of alkyl halides is 3. The van der Waals surface area contributed by atoms with Crippen LogP contribution in [0.15, 0.2) is 42.6 Å². The van der Waals surface area contributed by atoms with E-state index >= 15 is 0 Å². The Morgan fingerprint density at radius 2 is 2.04 bits per heavy atom. The van der Waals surface area contributed by atoms with Crippen LogP contribution in [0, 0.1) is 5.92 Å². The van der Waals surface area contributed by atoms with Crippen molar-refractivity contribution in [3.8, 4) is 5.75 Å². The first-order valence-corrected chi connectivity index (χ1v) is 8.61. The van der Waals surface area contributed by atoms with E-state index in [1.807, 2.05) is 0 Å². The minimum Gasteiger partial charge on any atom is -0.495 e. The zero-order valence-corrected chi connectivity index (χ0v) is 14.8. The summed E-state index contributed by atoms with van der Waals surface area (Å²) >= 11 is 0. The van der Waals surface area contributed by atoms with Crippen LogP contribution < -0.4 is 10.1 Å². The number of hydrogen-bond donors (Lipinski definition) is 1. The van der Waals surface area contributed by atoms with Crippen molar-refractivity contribution in [2.24, 2.45) is 5.92 Å². The molecule has 1 aromatic heterocycles. The van der Waals surface area contributed by atoms with Gasteiger partial charge in [-0.2, -0.15) is 13.2 Å². The molecule has 1 aliphatic rings. The third-order valence-electron chi connectivity index (χ3n) is 4.57. The number of nitrogens with one attached hydrogen (secondary N) is 1. The Hall–Kier alpha value is -2.77. The summed E-state index contributed by atoms with van der Waals surface area (Å²) in [4.78, 5) is 18.3. The SMILES string of the molecule is COc1ccccc1Nc1ncccc1C(=O)N1CCC[C@H](C(F)(F)F)C1. The summed E-state index contributed by atoms with van der Waals surface area (Å²) in [5.41, 5.74) is 0.839. The summed E-state index contributed by atoms with van der Waals surface area (Å²) in [5, 5.41) is 3.05. The number of amides is 1. The molecular weight excluding hydrogens is 359 g/mol. The molecule has 0 aliphatic carbocycles. The third kappa shape index (κ3) is 4.32. The molecule has 0 spiro atoms. The number of carbonyl (C=O) groups excluding carboxylic acids is 1. The molecule has 1 aromatic carbocycles. The fourth-order valence-electron chi connectivity index (χ4n) is 3.15. The van der Waals surface area contributed by atoms with Crippen molar-refractivity contribution in [1.29, 1.82) is 0 Å². The summed E-state index contributed by atoms with van der Waals surface area (Å²) < 4.78 is 44.4. The summed E-state index contributed by atoms with van der Waals surface area (Å²) in [5.74, 6) is -1.11. The molecule has 0 unspecified atom stereocenters. The highest BCUT2D eigenvalue weighted by atomic mass is 19.4. The van der Waals surface area contributed by atoms with Gasteiger partial charge in [0.15, 0.2) is 0 Å². The van der Waals surface area contributed by atoms with Crippen LogP contribution >= 0.6 is 0 Å². The molecule has 1 N–H and O–H groups in total. The number of halogens is 3. The first kappa shape index (κ1) is 19.0. The molecule has 1 saturated heterocycles. The smallest absolute Gasteiger partial charge is 0.393 e. The molecule has 1 fully saturated rings. The monoisotopic (exact) mass is 379 g/mol. The fraction of sp³-hybridized carbons (Fsp3) is 0.368. The van der Waals surface area contributed by atoms with Crippen LogP contribution in [0.3, 0.4) is 0 Å². The van der Waals surface area contributed by atoms with Gasteiger partial charge in [0, 0.05) is 19.3 Å². The highest BCUT2D eigenvalue weighted by molar-refractivity contribution is 5.99. The first-order valence-electron chi connectivity index (χ1n) is 8.61. The van der Waals surface area contributed by atoms with Crippen molar-refractivity contribution in [2.75, 3.05) is 25.5 Å². The average Bonchev–Trinajstić information content (AvgIpc) is 2.68. The molecule has 27 heavy (non-hydrogen) atoms. The number of rotatable bonds is 4. The van der Waals surface area contributed by atoms with E-state index in [-0.39, 0.29) is 24.3 Å². The number of methoxy groups -OCH3 is 1. The minimum atomic E-state index is -4.30. The zero-order valence-electron chi connectivity index (χ0n) is 14.8. The normalized spacial score (nSPS) is 17.5. The van der Waals surface area contributed by atoms with Crippen LogP contribution in [0.2, 0.25) is 0 Å². The molecule has 1 aliphatic heterocycles. The Balaban J connectivity index is 1.84. The second kappa shape index (κ2) is 7.85. The number of hydrogen-bond acceptors (Lipinski definition) is 4. The fourth-order valence-corrected chi connectivity index (χ4v) is 3.15. The second-order valence-corrected chi connectivity index (χ2v) is 6.36. The lowest BCUT2D eigenvalue weighted by molar-refractivity contribution is -0.184. The molecule has 0 radical (unpaired) electrons. The van der Waals surface area contributed by atoms with Gasteiger partial charge < -0.3 is 15.0 Å². The van der Waals surface area contributed by atoms with Gasteiger partial charge in [0.25, 0.3) is 5.91 Å². The predicted octanol–water partition coefficient (Wildman–Crippen LogP) is 4.25. The van der Waals surface area contributed by atoms with Gasteiger partial charge in [-0.25, -0.2) is 4.98 Å². The van der Waals surface area contributed by atoms with Crippen LogP contribution in [-0.4, -0.2) is 42.2 Å². The third-order valence-corrected chi connectivity index (χ3v) is 4.57. The summed E-state index contributed by atoms with van der Waals surface area (Å²) in [6.07, 6.45) is -2.41. The molecule has 0 bridgehead atoms. The van der Waals surface area contributed by atoms with Crippen molar-refractivity contribution in [3.63, 3.8) is 0 Å². The Morgan fingerprint density at radius 1 is 1.26 bits per heavy atom. The number of anilines is 2. The number of carbonyl (C=O) groups is 1. The number of para-hydroxylation sites is 2. The van der Waals surface area contributed by atoms with Crippen molar-refractivity contribution >= 4 is 17.4 Å². The lowest BCUT2D eigenvalue weighted by Gasteiger charge is -2.34. The Bertz CT molecular complexity index is 811. The van der Waals surface area contributed by atoms with E-state index in [0.717, 1.165) is 0 Å². The Labute approximate surface area is 155 Å². The topological polar surface area (TPSA) is 54.5 Å². The van der Waals surface area contributed by atoms with Crippen molar-refractivity contribution in [1.82, 2.24) is 9.88 Å². The number of nitrogens with zero attached hydrogens (tertiary/aromatic N) is 2. The number of benzene rings is 1. The van der Waals surface area contributed by atoms with Gasteiger partial charge in [0.2, 0.25) is 0 Å². The van der Waals surface area contributed by atoms with Crippen molar-refractivity contribution < 1.29 is 22.7 Å². The Kier molecular flexibility index (Phi) is 5.53. The van der Waals surface area contributed by atoms with E-state index in [0.29, 0.717) is 24.4 Å². The molecule has 1 amide bonds. The minimum absolute atomic E-state index is 0.0483. The number of likely N-dealkylation sites (tertiary alicyclic amines) is 1. The van der Waals surface area contributed by atoms with E-state index in [1.165, 1.54) is 18.2 Å². The van der Waals surface area contributed by atoms with Gasteiger partial charge >= 0.3 is 6.18 Å². The number of ether oxygens (including phenoxy) is 1. The average molecular weight is 379 g/mol. The van der Waals surface area contributed by atoms with Gasteiger partial charge in [-0.15, -0.1) is 0 Å². The van der Waals surface area contributed by atoms with Gasteiger partial charge in [-0.3, -0.25) is 4.79 Å². The van der Waals surface area contributed by atoms with Crippen LogP contribution in [0.5, 0.6) is 5.75 Å². The lowest BCUT2D eigenvalue weighted by atomic mass is 9.97. The highest BCUT2D eigenvalue weighted by Crippen LogP contribution is 2.34. The molecule has 5 nitrogen and oxygen atoms in total. The van der Waals surface area contributed by atoms with Gasteiger partial charge in [-0.1, -0.05) is 12.1 Å². The van der Waals surface area contributed by atoms with E-state index in [2.05, 4.69) is 10.3 Å². The number of piperidine rings is 1. The molecule has 0 saturated carbocycles. The van der Waals surface area contributed by atoms with Crippen LogP contribution in [0.4, 0.5) is 24.7 Å². The van der Waals surface area contributed by atoms with Gasteiger partial charge in [0.1, 0.15) is 11.6 Å². The van der Waals surface area contributed by atoms with E-state index in [1.54, 1.807) is 36.4 Å². The maximum absolute atomic E-state index is 13.1. The highest BCUT2D eigenvalue weighted by Gasteiger charge is 2.43. The first-order chi connectivity index (χ1) is 12.9. The molecule has 2 heterocycles. The predicted molar refractivity (Wildman–Crippen MR) is 95.2 cm³/mol. The van der Waals surface area contributed by atoms with Crippen molar-refractivity contribution in [2.45, 2.75) is 19.0 Å². The maximum Gasteiger partial charge on any atom is 0.393 e. The van der Waals surface area contributed by atoms with Crippen LogP contribution in [0.1, 0.15) is 23.2 Å². The molecule has 1 atom stereocenters. The molecule has 8 heteroatoms. The van der Waals surface area contributed by atoms with E-state index < -0.39 is 18.0 Å². The summed E-state index contributed by atoms with van der Waals surface area (Å²) in [6, 6.07) is 10.3. The Morgan fingerprint density at radius 3 is 2.78 bits per heavy atom. The summed E-state index contributed by atoms with van der Waals surface area (Å²) in [7, 11) is 1.52. The summed E-state index contributed by atoms with van der Waals surface area (Å²) in [6.45, 7) is -0.0280. The molecule has 2 aromatic rings. The van der Waals surface area contributed by atoms with Gasteiger partial charge in [-0.05, 0) is 37.1 Å². The van der Waals surface area contributed by atoms with Crippen molar-refractivity contribution in [3.05, 3.63) is 48.2 Å².